The predicted molar refractivity (Wildman–Crippen MR) is 100 cm³/mol. The second-order valence-corrected chi connectivity index (χ2v) is 7.37. The maximum absolute atomic E-state index is 5.41. The highest BCUT2D eigenvalue weighted by Gasteiger charge is 2.23. The number of rotatable bonds is 8. The van der Waals surface area contributed by atoms with Gasteiger partial charge >= 0.3 is 0 Å². The first-order chi connectivity index (χ1) is 11.5. The zero-order chi connectivity index (χ0) is 17.5. The summed E-state index contributed by atoms with van der Waals surface area (Å²) in [7, 11) is 5.64. The quantitative estimate of drug-likeness (QED) is 0.728. The van der Waals surface area contributed by atoms with Gasteiger partial charge in [0.1, 0.15) is 0 Å². The third-order valence-corrected chi connectivity index (χ3v) is 4.93. The Morgan fingerprint density at radius 1 is 1.21 bits per heavy atom. The molecule has 0 spiro atoms. The maximum Gasteiger partial charge on any atom is 0.160 e. The molecule has 1 heterocycles. The number of benzene rings is 1. The van der Waals surface area contributed by atoms with Crippen LogP contribution in [0.3, 0.4) is 0 Å². The van der Waals surface area contributed by atoms with Gasteiger partial charge < -0.3 is 19.3 Å². The molecule has 0 aromatic heterocycles. The summed E-state index contributed by atoms with van der Waals surface area (Å²) in [4.78, 5) is 5.16. The van der Waals surface area contributed by atoms with Crippen molar-refractivity contribution in [3.05, 3.63) is 23.8 Å². The molecular weight excluding hydrogens is 300 g/mol. The summed E-state index contributed by atoms with van der Waals surface area (Å²) in [6.07, 6.45) is 3.67. The number of likely N-dealkylation sites (N-methyl/N-ethyl adjacent to an activating group) is 1. The van der Waals surface area contributed by atoms with E-state index >= 15 is 0 Å². The molecule has 1 atom stereocenters. The molecule has 0 saturated carbocycles. The molecule has 1 aliphatic heterocycles. The molecule has 0 unspecified atom stereocenters. The Bertz CT molecular complexity index is 504. The van der Waals surface area contributed by atoms with Gasteiger partial charge in [-0.1, -0.05) is 19.9 Å². The van der Waals surface area contributed by atoms with Crippen LogP contribution in [0.5, 0.6) is 11.5 Å². The van der Waals surface area contributed by atoms with Crippen molar-refractivity contribution >= 4 is 0 Å². The standard InChI is InChI=1S/C20H34N2O2/c1-16(2)14-22-11-6-7-18(15-22)21(3)12-10-17-8-9-19(23-4)20(13-17)24-5/h8-9,13,16,18H,6-7,10-12,14-15H2,1-5H3/t18-/m0/s1. The van der Waals surface area contributed by atoms with Gasteiger partial charge in [-0.05, 0) is 56.5 Å². The van der Waals surface area contributed by atoms with E-state index in [1.165, 1.54) is 38.0 Å². The molecular formula is C20H34N2O2. The summed E-state index contributed by atoms with van der Waals surface area (Å²) in [5.41, 5.74) is 1.30. The van der Waals surface area contributed by atoms with E-state index in [2.05, 4.69) is 42.8 Å². The number of methoxy groups -OCH3 is 2. The van der Waals surface area contributed by atoms with E-state index in [0.717, 1.165) is 30.4 Å². The topological polar surface area (TPSA) is 24.9 Å². The lowest BCUT2D eigenvalue weighted by molar-refractivity contribution is 0.108. The Balaban J connectivity index is 1.87. The van der Waals surface area contributed by atoms with Crippen molar-refractivity contribution in [3.63, 3.8) is 0 Å². The van der Waals surface area contributed by atoms with Gasteiger partial charge in [-0.3, -0.25) is 0 Å². The summed E-state index contributed by atoms with van der Waals surface area (Å²) >= 11 is 0. The molecule has 2 rings (SSSR count). The second kappa shape index (κ2) is 9.28. The highest BCUT2D eigenvalue weighted by atomic mass is 16.5. The van der Waals surface area contributed by atoms with E-state index in [9.17, 15) is 0 Å². The number of hydrogen-bond acceptors (Lipinski definition) is 4. The fourth-order valence-electron chi connectivity index (χ4n) is 3.60. The maximum atomic E-state index is 5.41. The van der Waals surface area contributed by atoms with Crippen LogP contribution in [0.15, 0.2) is 18.2 Å². The normalized spacial score (nSPS) is 19.0. The van der Waals surface area contributed by atoms with Crippen LogP contribution in [0.1, 0.15) is 32.3 Å². The van der Waals surface area contributed by atoms with Crippen molar-refractivity contribution in [1.29, 1.82) is 0 Å². The minimum Gasteiger partial charge on any atom is -0.493 e. The number of hydrogen-bond donors (Lipinski definition) is 0. The van der Waals surface area contributed by atoms with Crippen molar-refractivity contribution in [1.82, 2.24) is 9.80 Å². The zero-order valence-corrected chi connectivity index (χ0v) is 16.0. The SMILES string of the molecule is COc1ccc(CCN(C)[C@H]2CCCN(CC(C)C)C2)cc1OC. The molecule has 1 aromatic rings. The van der Waals surface area contributed by atoms with E-state index < -0.39 is 0 Å². The molecule has 1 fully saturated rings. The summed E-state index contributed by atoms with van der Waals surface area (Å²) in [5, 5.41) is 0. The van der Waals surface area contributed by atoms with Crippen LogP contribution in [0.2, 0.25) is 0 Å². The van der Waals surface area contributed by atoms with E-state index in [0.29, 0.717) is 6.04 Å². The molecule has 0 amide bonds. The lowest BCUT2D eigenvalue weighted by Crippen LogP contribution is -2.47. The van der Waals surface area contributed by atoms with E-state index in [1.807, 2.05) is 6.07 Å². The molecule has 0 radical (unpaired) electrons. The second-order valence-electron chi connectivity index (χ2n) is 7.37. The van der Waals surface area contributed by atoms with Gasteiger partial charge in [0, 0.05) is 25.7 Å². The minimum absolute atomic E-state index is 0.678. The van der Waals surface area contributed by atoms with E-state index in [1.54, 1.807) is 14.2 Å². The summed E-state index contributed by atoms with van der Waals surface area (Å²) < 4.78 is 10.7. The Labute approximate surface area is 147 Å². The molecule has 1 aromatic carbocycles. The summed E-state index contributed by atoms with van der Waals surface area (Å²) in [5.74, 6) is 2.37. The lowest BCUT2D eigenvalue weighted by atomic mass is 10.0. The highest BCUT2D eigenvalue weighted by Crippen LogP contribution is 2.28. The molecule has 24 heavy (non-hydrogen) atoms. The Hall–Kier alpha value is -1.26. The van der Waals surface area contributed by atoms with Crippen LogP contribution in [0.4, 0.5) is 0 Å². The largest absolute Gasteiger partial charge is 0.493 e. The Morgan fingerprint density at radius 2 is 1.96 bits per heavy atom. The molecule has 136 valence electrons. The Kier molecular flexibility index (Phi) is 7.38. The van der Waals surface area contributed by atoms with Crippen LogP contribution in [-0.2, 0) is 6.42 Å². The van der Waals surface area contributed by atoms with Crippen molar-refractivity contribution in [3.8, 4) is 11.5 Å². The van der Waals surface area contributed by atoms with Gasteiger partial charge in [-0.15, -0.1) is 0 Å². The number of nitrogens with zero attached hydrogens (tertiary/aromatic N) is 2. The van der Waals surface area contributed by atoms with E-state index in [-0.39, 0.29) is 0 Å². The minimum atomic E-state index is 0.678. The first-order valence-corrected chi connectivity index (χ1v) is 9.17. The van der Waals surface area contributed by atoms with Gasteiger partial charge in [-0.2, -0.15) is 0 Å². The smallest absolute Gasteiger partial charge is 0.160 e. The van der Waals surface area contributed by atoms with Crippen LogP contribution in [-0.4, -0.2) is 63.3 Å². The van der Waals surface area contributed by atoms with Crippen molar-refractivity contribution in [2.45, 2.75) is 39.2 Å². The number of piperidine rings is 1. The molecule has 1 saturated heterocycles. The Morgan fingerprint density at radius 3 is 2.62 bits per heavy atom. The van der Waals surface area contributed by atoms with Crippen LogP contribution < -0.4 is 9.47 Å². The summed E-state index contributed by atoms with van der Waals surface area (Å²) in [6, 6.07) is 6.91. The average Bonchev–Trinajstić information content (AvgIpc) is 2.59. The van der Waals surface area contributed by atoms with Gasteiger partial charge in [0.25, 0.3) is 0 Å². The van der Waals surface area contributed by atoms with Gasteiger partial charge in [0.05, 0.1) is 14.2 Å². The summed E-state index contributed by atoms with van der Waals surface area (Å²) in [6.45, 7) is 9.39. The third kappa shape index (κ3) is 5.38. The number of likely N-dealkylation sites (tertiary alicyclic amines) is 1. The monoisotopic (exact) mass is 334 g/mol. The van der Waals surface area contributed by atoms with Crippen LogP contribution in [0.25, 0.3) is 0 Å². The molecule has 0 N–H and O–H groups in total. The van der Waals surface area contributed by atoms with E-state index in [4.69, 9.17) is 9.47 Å². The fraction of sp³-hybridized carbons (Fsp3) is 0.700. The fourth-order valence-corrected chi connectivity index (χ4v) is 3.60. The molecule has 1 aliphatic rings. The highest BCUT2D eigenvalue weighted by molar-refractivity contribution is 5.42. The van der Waals surface area contributed by atoms with Crippen molar-refractivity contribution in [2.75, 3.05) is 47.4 Å². The van der Waals surface area contributed by atoms with Crippen LogP contribution >= 0.6 is 0 Å². The average molecular weight is 335 g/mol. The third-order valence-electron chi connectivity index (χ3n) is 4.93. The first kappa shape index (κ1) is 19.1. The molecule has 4 heteroatoms. The molecule has 4 nitrogen and oxygen atoms in total. The van der Waals surface area contributed by atoms with Gasteiger partial charge in [-0.25, -0.2) is 0 Å². The van der Waals surface area contributed by atoms with Gasteiger partial charge in [0.2, 0.25) is 0 Å². The van der Waals surface area contributed by atoms with Gasteiger partial charge in [0.15, 0.2) is 11.5 Å². The predicted octanol–water partition coefficient (Wildman–Crippen LogP) is 3.30. The first-order valence-electron chi connectivity index (χ1n) is 9.17. The van der Waals surface area contributed by atoms with Crippen molar-refractivity contribution < 1.29 is 9.47 Å². The molecule has 0 bridgehead atoms. The number of ether oxygens (including phenoxy) is 2. The molecule has 0 aliphatic carbocycles. The van der Waals surface area contributed by atoms with Crippen molar-refractivity contribution in [2.24, 2.45) is 5.92 Å². The van der Waals surface area contributed by atoms with Crippen LogP contribution in [0, 0.1) is 5.92 Å². The zero-order valence-electron chi connectivity index (χ0n) is 16.0. The lowest BCUT2D eigenvalue weighted by Gasteiger charge is -2.38.